The normalized spacial score (nSPS) is 14.2. The summed E-state index contributed by atoms with van der Waals surface area (Å²) in [5.41, 5.74) is 11.7. The average molecular weight is 253 g/mol. The second-order valence-electron chi connectivity index (χ2n) is 4.51. The van der Waals surface area contributed by atoms with E-state index in [4.69, 9.17) is 11.5 Å². The Labute approximate surface area is 105 Å². The zero-order valence-corrected chi connectivity index (χ0v) is 10.5. The molecule has 1 aromatic heterocycles. The van der Waals surface area contributed by atoms with E-state index in [1.165, 1.54) is 6.33 Å². The average Bonchev–Trinajstić information content (AvgIpc) is 2.79. The highest BCUT2D eigenvalue weighted by atomic mass is 16.2. The van der Waals surface area contributed by atoms with E-state index in [0.717, 1.165) is 5.69 Å². The van der Waals surface area contributed by atoms with Gasteiger partial charge in [-0.05, 0) is 5.92 Å². The van der Waals surface area contributed by atoms with Crippen LogP contribution in [0.3, 0.4) is 0 Å². The Morgan fingerprint density at radius 1 is 1.50 bits per heavy atom. The summed E-state index contributed by atoms with van der Waals surface area (Å²) >= 11 is 0. The predicted octanol–water partition coefficient (Wildman–Crippen LogP) is -1.09. The third kappa shape index (κ3) is 3.85. The Balaban J connectivity index is 2.64. The van der Waals surface area contributed by atoms with Crippen molar-refractivity contribution in [3.63, 3.8) is 0 Å². The molecule has 0 aromatic carbocycles. The lowest BCUT2D eigenvalue weighted by Gasteiger charge is -2.20. The summed E-state index contributed by atoms with van der Waals surface area (Å²) in [6.45, 7) is 3.66. The molecule has 0 saturated heterocycles. The lowest BCUT2D eigenvalue weighted by Crippen LogP contribution is -2.52. The number of aromatic nitrogens is 2. The Bertz CT molecular complexity index is 402. The minimum atomic E-state index is -0.789. The van der Waals surface area contributed by atoms with E-state index in [1.54, 1.807) is 6.20 Å². The Kier molecular flexibility index (Phi) is 4.85. The van der Waals surface area contributed by atoms with Gasteiger partial charge in [0.15, 0.2) is 0 Å². The highest BCUT2D eigenvalue weighted by Crippen LogP contribution is 2.02. The van der Waals surface area contributed by atoms with Gasteiger partial charge in [-0.25, -0.2) is 4.98 Å². The van der Waals surface area contributed by atoms with Gasteiger partial charge in [-0.2, -0.15) is 0 Å². The van der Waals surface area contributed by atoms with Crippen LogP contribution in [0, 0.1) is 5.92 Å². The van der Waals surface area contributed by atoms with Gasteiger partial charge in [0.2, 0.25) is 11.8 Å². The molecule has 0 saturated carbocycles. The zero-order chi connectivity index (χ0) is 13.7. The number of nitrogens with one attached hydrogen (secondary N) is 2. The van der Waals surface area contributed by atoms with Crippen LogP contribution in [0.2, 0.25) is 0 Å². The van der Waals surface area contributed by atoms with Gasteiger partial charge >= 0.3 is 0 Å². The first-order chi connectivity index (χ1) is 8.41. The maximum atomic E-state index is 11.8. The van der Waals surface area contributed by atoms with Gasteiger partial charge in [-0.15, -0.1) is 0 Å². The number of primary amides is 1. The number of carbonyl (C=O) groups excluding carboxylic acids is 2. The van der Waals surface area contributed by atoms with Crippen molar-refractivity contribution in [2.24, 2.45) is 17.4 Å². The molecule has 0 fully saturated rings. The Hall–Kier alpha value is -1.89. The number of hydrogen-bond acceptors (Lipinski definition) is 4. The molecule has 1 heterocycles. The van der Waals surface area contributed by atoms with Gasteiger partial charge in [-0.1, -0.05) is 13.8 Å². The summed E-state index contributed by atoms with van der Waals surface area (Å²) in [6.07, 6.45) is 3.34. The molecule has 2 atom stereocenters. The molecule has 1 aromatic rings. The van der Waals surface area contributed by atoms with Crippen molar-refractivity contribution in [1.29, 1.82) is 0 Å². The summed E-state index contributed by atoms with van der Waals surface area (Å²) < 4.78 is 0. The number of nitrogens with zero attached hydrogens (tertiary/aromatic N) is 1. The highest BCUT2D eigenvalue weighted by Gasteiger charge is 2.24. The number of amides is 2. The molecule has 18 heavy (non-hydrogen) atoms. The maximum absolute atomic E-state index is 11.8. The number of nitrogens with two attached hydrogens (primary N) is 2. The molecule has 0 aliphatic heterocycles. The lowest BCUT2D eigenvalue weighted by atomic mass is 10.0. The second-order valence-corrected chi connectivity index (χ2v) is 4.51. The van der Waals surface area contributed by atoms with E-state index in [1.807, 2.05) is 13.8 Å². The van der Waals surface area contributed by atoms with Crippen molar-refractivity contribution in [2.75, 3.05) is 0 Å². The number of H-pyrrole nitrogens is 1. The summed E-state index contributed by atoms with van der Waals surface area (Å²) in [4.78, 5) is 29.7. The first-order valence-corrected chi connectivity index (χ1v) is 5.74. The molecule has 7 nitrogen and oxygen atoms in total. The largest absolute Gasteiger partial charge is 0.368 e. The van der Waals surface area contributed by atoms with Gasteiger partial charge in [0.1, 0.15) is 6.04 Å². The molecule has 6 N–H and O–H groups in total. The maximum Gasteiger partial charge on any atom is 0.240 e. The van der Waals surface area contributed by atoms with E-state index in [2.05, 4.69) is 15.3 Å². The number of hydrogen-bond donors (Lipinski definition) is 4. The summed E-state index contributed by atoms with van der Waals surface area (Å²) in [5, 5.41) is 2.55. The van der Waals surface area contributed by atoms with Gasteiger partial charge in [-0.3, -0.25) is 9.59 Å². The molecule has 7 heteroatoms. The number of imidazole rings is 1. The third-order valence-corrected chi connectivity index (χ3v) is 2.66. The smallest absolute Gasteiger partial charge is 0.240 e. The van der Waals surface area contributed by atoms with Crippen LogP contribution in [-0.2, 0) is 16.0 Å². The predicted molar refractivity (Wildman–Crippen MR) is 66.2 cm³/mol. The van der Waals surface area contributed by atoms with Crippen molar-refractivity contribution in [3.8, 4) is 0 Å². The summed E-state index contributed by atoms with van der Waals surface area (Å²) in [5.74, 6) is -0.993. The van der Waals surface area contributed by atoms with Crippen LogP contribution in [0.4, 0.5) is 0 Å². The monoisotopic (exact) mass is 253 g/mol. The van der Waals surface area contributed by atoms with Gasteiger partial charge in [0, 0.05) is 18.3 Å². The molecule has 0 spiro atoms. The van der Waals surface area contributed by atoms with Crippen LogP contribution in [0.25, 0.3) is 0 Å². The third-order valence-electron chi connectivity index (χ3n) is 2.66. The molecular formula is C11H19N5O2. The number of rotatable bonds is 6. The van der Waals surface area contributed by atoms with Crippen LogP contribution in [0.15, 0.2) is 12.5 Å². The van der Waals surface area contributed by atoms with E-state index < -0.39 is 18.0 Å². The molecule has 2 amide bonds. The molecule has 0 radical (unpaired) electrons. The van der Waals surface area contributed by atoms with E-state index in [-0.39, 0.29) is 18.2 Å². The van der Waals surface area contributed by atoms with Crippen LogP contribution in [-0.4, -0.2) is 33.9 Å². The molecule has 0 aliphatic rings. The first-order valence-electron chi connectivity index (χ1n) is 5.74. The van der Waals surface area contributed by atoms with E-state index >= 15 is 0 Å². The van der Waals surface area contributed by atoms with Crippen LogP contribution in [0.5, 0.6) is 0 Å². The van der Waals surface area contributed by atoms with Crippen molar-refractivity contribution in [2.45, 2.75) is 32.4 Å². The van der Waals surface area contributed by atoms with Crippen molar-refractivity contribution < 1.29 is 9.59 Å². The second kappa shape index (κ2) is 6.15. The van der Waals surface area contributed by atoms with Gasteiger partial charge < -0.3 is 21.8 Å². The van der Waals surface area contributed by atoms with Crippen LogP contribution in [0.1, 0.15) is 19.5 Å². The van der Waals surface area contributed by atoms with Crippen molar-refractivity contribution >= 4 is 11.8 Å². The first kappa shape index (κ1) is 14.2. The highest BCUT2D eigenvalue weighted by molar-refractivity contribution is 5.89. The molecule has 0 aliphatic carbocycles. The molecular weight excluding hydrogens is 234 g/mol. The Morgan fingerprint density at radius 2 is 2.17 bits per heavy atom. The van der Waals surface area contributed by atoms with Crippen molar-refractivity contribution in [3.05, 3.63) is 18.2 Å². The standard InChI is InChI=1S/C11H19N5O2/c1-6(2)9(12)11(18)16-8(10(13)17)3-7-4-14-5-15-7/h4-6,8-9H,3,12H2,1-2H3,(H2,13,17)(H,14,15)(H,16,18)/t8-,9-/m0/s1. The topological polar surface area (TPSA) is 127 Å². The SMILES string of the molecule is CC(C)[C@H](N)C(=O)N[C@@H](Cc1cnc[nH]1)C(N)=O. The minimum Gasteiger partial charge on any atom is -0.368 e. The number of carbonyl (C=O) groups is 2. The quantitative estimate of drug-likeness (QED) is 0.513. The summed E-state index contributed by atoms with van der Waals surface area (Å²) in [6, 6.07) is -1.45. The zero-order valence-electron chi connectivity index (χ0n) is 10.5. The lowest BCUT2D eigenvalue weighted by molar-refractivity contribution is -0.128. The summed E-state index contributed by atoms with van der Waals surface area (Å²) in [7, 11) is 0. The molecule has 100 valence electrons. The van der Waals surface area contributed by atoms with Crippen LogP contribution >= 0.6 is 0 Å². The Morgan fingerprint density at radius 3 is 2.61 bits per heavy atom. The fourth-order valence-electron chi connectivity index (χ4n) is 1.41. The van der Waals surface area contributed by atoms with Gasteiger partial charge in [0.25, 0.3) is 0 Å². The van der Waals surface area contributed by atoms with Crippen LogP contribution < -0.4 is 16.8 Å². The van der Waals surface area contributed by atoms with Crippen molar-refractivity contribution in [1.82, 2.24) is 15.3 Å². The van der Waals surface area contributed by atoms with E-state index in [9.17, 15) is 9.59 Å². The molecule has 0 unspecified atom stereocenters. The molecule has 0 bridgehead atoms. The fourth-order valence-corrected chi connectivity index (χ4v) is 1.41. The van der Waals surface area contributed by atoms with Gasteiger partial charge in [0.05, 0.1) is 12.4 Å². The molecule has 1 rings (SSSR count). The minimum absolute atomic E-state index is 0.00863. The fraction of sp³-hybridized carbons (Fsp3) is 0.545. The number of aromatic amines is 1. The van der Waals surface area contributed by atoms with E-state index in [0.29, 0.717) is 0 Å².